The number of nitrogens with zero attached hydrogens (tertiary/aromatic N) is 1. The maximum atomic E-state index is 4.26. The Morgan fingerprint density at radius 2 is 2.33 bits per heavy atom. The maximum absolute atomic E-state index is 4.26. The van der Waals surface area contributed by atoms with Gasteiger partial charge in [-0.3, -0.25) is 4.98 Å². The van der Waals surface area contributed by atoms with Crippen molar-refractivity contribution in [2.45, 2.75) is 26.3 Å². The summed E-state index contributed by atoms with van der Waals surface area (Å²) in [5, 5.41) is 3.35. The van der Waals surface area contributed by atoms with E-state index in [4.69, 9.17) is 0 Å². The lowest BCUT2D eigenvalue weighted by molar-refractivity contribution is 0.559. The van der Waals surface area contributed by atoms with Crippen LogP contribution in [0.15, 0.2) is 24.4 Å². The van der Waals surface area contributed by atoms with Crippen LogP contribution in [0.2, 0.25) is 0 Å². The summed E-state index contributed by atoms with van der Waals surface area (Å²) in [5.74, 6) is 0. The summed E-state index contributed by atoms with van der Waals surface area (Å²) in [6, 6.07) is 6.56. The van der Waals surface area contributed by atoms with Gasteiger partial charge in [0.1, 0.15) is 0 Å². The fourth-order valence-corrected chi connectivity index (χ4v) is 1.25. The van der Waals surface area contributed by atoms with Gasteiger partial charge < -0.3 is 5.32 Å². The second-order valence-electron chi connectivity index (χ2n) is 2.98. The van der Waals surface area contributed by atoms with Gasteiger partial charge >= 0.3 is 0 Å². The van der Waals surface area contributed by atoms with Crippen molar-refractivity contribution in [1.29, 1.82) is 0 Å². The summed E-state index contributed by atoms with van der Waals surface area (Å²) >= 11 is 0. The highest BCUT2D eigenvalue weighted by Gasteiger charge is 2.00. The largest absolute Gasteiger partial charge is 0.314 e. The molecule has 0 aliphatic heterocycles. The summed E-state index contributed by atoms with van der Waals surface area (Å²) in [6.07, 6.45) is 2.85. The Morgan fingerprint density at radius 3 is 2.92 bits per heavy atom. The zero-order chi connectivity index (χ0) is 8.81. The van der Waals surface area contributed by atoms with Gasteiger partial charge in [0.05, 0.1) is 0 Å². The van der Waals surface area contributed by atoms with E-state index in [-0.39, 0.29) is 0 Å². The molecular formula is C10H16N2. The van der Waals surface area contributed by atoms with Crippen molar-refractivity contribution in [3.05, 3.63) is 30.1 Å². The number of rotatable bonds is 4. The average molecular weight is 164 g/mol. The molecule has 1 heterocycles. The van der Waals surface area contributed by atoms with E-state index >= 15 is 0 Å². The molecule has 0 saturated heterocycles. The topological polar surface area (TPSA) is 24.9 Å². The minimum Gasteiger partial charge on any atom is -0.314 e. The van der Waals surface area contributed by atoms with Crippen LogP contribution >= 0.6 is 0 Å². The van der Waals surface area contributed by atoms with E-state index in [0.717, 1.165) is 18.7 Å². The zero-order valence-electron chi connectivity index (χ0n) is 7.75. The first-order valence-electron chi connectivity index (χ1n) is 4.46. The second kappa shape index (κ2) is 4.88. The van der Waals surface area contributed by atoms with Crippen LogP contribution in [0, 0.1) is 0 Å². The van der Waals surface area contributed by atoms with Gasteiger partial charge in [-0.1, -0.05) is 13.0 Å². The number of aromatic nitrogens is 1. The van der Waals surface area contributed by atoms with Crippen LogP contribution in [0.4, 0.5) is 0 Å². The normalized spacial score (nSPS) is 12.8. The minimum atomic E-state index is 0.518. The molecule has 0 spiro atoms. The van der Waals surface area contributed by atoms with E-state index < -0.39 is 0 Å². The van der Waals surface area contributed by atoms with Crippen LogP contribution in [-0.2, 0) is 6.42 Å². The van der Waals surface area contributed by atoms with Gasteiger partial charge in [-0.2, -0.15) is 0 Å². The molecule has 0 aliphatic rings. The van der Waals surface area contributed by atoms with Gasteiger partial charge in [-0.05, 0) is 25.6 Å². The molecule has 0 bridgehead atoms. The van der Waals surface area contributed by atoms with Crippen molar-refractivity contribution in [3.8, 4) is 0 Å². The van der Waals surface area contributed by atoms with Crippen molar-refractivity contribution in [3.63, 3.8) is 0 Å². The third-order valence-corrected chi connectivity index (χ3v) is 1.79. The standard InChI is InChI=1S/C10H16N2/c1-3-11-9(2)8-10-6-4-5-7-12-10/h4-7,9,11H,3,8H2,1-2H3/t9-/m1/s1. The van der Waals surface area contributed by atoms with Crippen molar-refractivity contribution in [1.82, 2.24) is 10.3 Å². The third kappa shape index (κ3) is 3.01. The average Bonchev–Trinajstić information content (AvgIpc) is 2.06. The highest BCUT2D eigenvalue weighted by Crippen LogP contribution is 1.97. The first kappa shape index (κ1) is 9.20. The molecule has 0 fully saturated rings. The number of pyridine rings is 1. The van der Waals surface area contributed by atoms with Crippen LogP contribution in [0.5, 0.6) is 0 Å². The summed E-state index contributed by atoms with van der Waals surface area (Å²) in [5.41, 5.74) is 1.16. The molecule has 1 aromatic heterocycles. The Kier molecular flexibility index (Phi) is 3.74. The SMILES string of the molecule is CCN[C@H](C)Cc1ccccn1. The predicted octanol–water partition coefficient (Wildman–Crippen LogP) is 1.62. The quantitative estimate of drug-likeness (QED) is 0.731. The molecule has 1 aromatic rings. The highest BCUT2D eigenvalue weighted by molar-refractivity contribution is 5.04. The van der Waals surface area contributed by atoms with E-state index in [9.17, 15) is 0 Å². The summed E-state index contributed by atoms with van der Waals surface area (Å²) in [6.45, 7) is 5.32. The fraction of sp³-hybridized carbons (Fsp3) is 0.500. The molecule has 1 N–H and O–H groups in total. The number of hydrogen-bond acceptors (Lipinski definition) is 2. The molecule has 0 amide bonds. The zero-order valence-corrected chi connectivity index (χ0v) is 7.75. The van der Waals surface area contributed by atoms with Crippen LogP contribution in [0.1, 0.15) is 19.5 Å². The van der Waals surface area contributed by atoms with Crippen LogP contribution < -0.4 is 5.32 Å². The van der Waals surface area contributed by atoms with Gasteiger partial charge in [-0.25, -0.2) is 0 Å². The number of hydrogen-bond donors (Lipinski definition) is 1. The number of likely N-dealkylation sites (N-methyl/N-ethyl adjacent to an activating group) is 1. The molecule has 2 nitrogen and oxygen atoms in total. The molecule has 0 saturated carbocycles. The third-order valence-electron chi connectivity index (χ3n) is 1.79. The van der Waals surface area contributed by atoms with Crippen molar-refractivity contribution >= 4 is 0 Å². The van der Waals surface area contributed by atoms with E-state index in [1.54, 1.807) is 0 Å². The van der Waals surface area contributed by atoms with Gasteiger partial charge in [0.15, 0.2) is 0 Å². The van der Waals surface area contributed by atoms with Gasteiger partial charge in [0, 0.05) is 24.4 Å². The van der Waals surface area contributed by atoms with E-state index in [1.165, 1.54) is 0 Å². The Bertz CT molecular complexity index is 208. The highest BCUT2D eigenvalue weighted by atomic mass is 14.9. The molecule has 66 valence electrons. The van der Waals surface area contributed by atoms with Crippen molar-refractivity contribution in [2.24, 2.45) is 0 Å². The van der Waals surface area contributed by atoms with Crippen molar-refractivity contribution < 1.29 is 0 Å². The fourth-order valence-electron chi connectivity index (χ4n) is 1.25. The molecule has 1 atom stereocenters. The van der Waals surface area contributed by atoms with E-state index in [0.29, 0.717) is 6.04 Å². The monoisotopic (exact) mass is 164 g/mol. The van der Waals surface area contributed by atoms with Crippen LogP contribution in [0.25, 0.3) is 0 Å². The smallest absolute Gasteiger partial charge is 0.0419 e. The molecule has 0 aromatic carbocycles. The van der Waals surface area contributed by atoms with Gasteiger partial charge in [0.25, 0.3) is 0 Å². The summed E-state index contributed by atoms with van der Waals surface area (Å²) in [4.78, 5) is 4.26. The molecule has 12 heavy (non-hydrogen) atoms. The second-order valence-corrected chi connectivity index (χ2v) is 2.98. The lowest BCUT2D eigenvalue weighted by Crippen LogP contribution is -2.27. The Balaban J connectivity index is 2.41. The van der Waals surface area contributed by atoms with Crippen LogP contribution in [-0.4, -0.2) is 17.6 Å². The van der Waals surface area contributed by atoms with Crippen molar-refractivity contribution in [2.75, 3.05) is 6.54 Å². The predicted molar refractivity (Wildman–Crippen MR) is 51.1 cm³/mol. The first-order chi connectivity index (χ1) is 5.83. The molecule has 1 rings (SSSR count). The van der Waals surface area contributed by atoms with E-state index in [1.807, 2.05) is 18.3 Å². The first-order valence-corrected chi connectivity index (χ1v) is 4.46. The summed E-state index contributed by atoms with van der Waals surface area (Å²) < 4.78 is 0. The van der Waals surface area contributed by atoms with E-state index in [2.05, 4.69) is 30.2 Å². The Morgan fingerprint density at radius 1 is 1.50 bits per heavy atom. The molecule has 0 aliphatic carbocycles. The molecule has 0 unspecified atom stereocenters. The molecule has 2 heteroatoms. The Hall–Kier alpha value is -0.890. The maximum Gasteiger partial charge on any atom is 0.0419 e. The van der Waals surface area contributed by atoms with Gasteiger partial charge in [0.2, 0.25) is 0 Å². The lowest BCUT2D eigenvalue weighted by Gasteiger charge is -2.10. The molecule has 0 radical (unpaired) electrons. The van der Waals surface area contributed by atoms with Crippen LogP contribution in [0.3, 0.4) is 0 Å². The minimum absolute atomic E-state index is 0.518. The van der Waals surface area contributed by atoms with Gasteiger partial charge in [-0.15, -0.1) is 0 Å². The Labute approximate surface area is 74.0 Å². The summed E-state index contributed by atoms with van der Waals surface area (Å²) in [7, 11) is 0. The molecular weight excluding hydrogens is 148 g/mol. The lowest BCUT2D eigenvalue weighted by atomic mass is 10.1. The number of nitrogens with one attached hydrogen (secondary N) is 1.